The average molecular weight is 737 g/mol. The Bertz CT molecular complexity index is 3170. The van der Waals surface area contributed by atoms with Crippen molar-refractivity contribution in [2.45, 2.75) is 0 Å². The molecule has 58 heavy (non-hydrogen) atoms. The molecule has 1 heterocycles. The van der Waals surface area contributed by atoms with Gasteiger partial charge in [0.2, 0.25) is 0 Å². The van der Waals surface area contributed by atoms with Crippen LogP contribution in [-0.4, -0.2) is 15.0 Å². The van der Waals surface area contributed by atoms with E-state index in [0.717, 1.165) is 33.4 Å². The molecule has 0 atom stereocenters. The molecule has 0 fully saturated rings. The SMILES string of the molecule is [C-]#[N+]c1ccc(-c2ccc3cc(-c4ccc5c6c(ccc(-c7ccc(-c8nc(-c9ccccc9)nc(-c9ccccc9)n8)cc7)c46)-c4ccccc4-5)ccc3c2)cc1. The van der Waals surface area contributed by atoms with Crippen molar-refractivity contribution in [2.24, 2.45) is 0 Å². The van der Waals surface area contributed by atoms with Crippen molar-refractivity contribution in [2.75, 3.05) is 0 Å². The van der Waals surface area contributed by atoms with E-state index in [4.69, 9.17) is 21.5 Å². The van der Waals surface area contributed by atoms with Crippen LogP contribution in [0.5, 0.6) is 0 Å². The molecule has 0 aliphatic heterocycles. The van der Waals surface area contributed by atoms with E-state index >= 15 is 0 Å². The highest BCUT2D eigenvalue weighted by Gasteiger charge is 2.25. The molecular weight excluding hydrogens is 705 g/mol. The Kier molecular flexibility index (Phi) is 7.84. The van der Waals surface area contributed by atoms with Gasteiger partial charge in [-0.25, -0.2) is 19.8 Å². The first-order chi connectivity index (χ1) is 28.7. The molecule has 0 N–H and O–H groups in total. The maximum absolute atomic E-state index is 7.31. The number of fused-ring (bicyclic) bond motifs is 4. The molecule has 11 rings (SSSR count). The number of hydrogen-bond donors (Lipinski definition) is 0. The second-order valence-corrected chi connectivity index (χ2v) is 14.7. The standard InChI is InChI=1S/C54H32N4/c1-55-43-26-24-34(25-27-43)39-20-21-41-33-42(23-22-40(41)32-39)45-29-31-49-47-15-9-8-14-46(47)48-30-28-44(50(45)51(48)49)35-16-18-38(19-17-35)54-57-52(36-10-4-2-5-11-36)56-53(58-54)37-12-6-3-7-13-37/h2-33H. The molecule has 0 spiro atoms. The Labute approximate surface area is 336 Å². The van der Waals surface area contributed by atoms with Crippen LogP contribution in [0.2, 0.25) is 0 Å². The summed E-state index contributed by atoms with van der Waals surface area (Å²) in [7, 11) is 0. The van der Waals surface area contributed by atoms with Gasteiger partial charge in [0.25, 0.3) is 0 Å². The molecule has 4 nitrogen and oxygen atoms in total. The molecule has 268 valence electrons. The lowest BCUT2D eigenvalue weighted by molar-refractivity contribution is 1.07. The number of benzene rings is 9. The van der Waals surface area contributed by atoms with E-state index in [2.05, 4.69) is 114 Å². The largest absolute Gasteiger partial charge is 0.238 e. The highest BCUT2D eigenvalue weighted by Crippen LogP contribution is 2.52. The molecule has 0 saturated carbocycles. The minimum absolute atomic E-state index is 0.635. The number of hydrogen-bond acceptors (Lipinski definition) is 3. The summed E-state index contributed by atoms with van der Waals surface area (Å²) in [5.74, 6) is 1.93. The van der Waals surface area contributed by atoms with E-state index in [-0.39, 0.29) is 0 Å². The zero-order valence-electron chi connectivity index (χ0n) is 31.3. The van der Waals surface area contributed by atoms with Gasteiger partial charge in [0.05, 0.1) is 6.57 Å². The lowest BCUT2D eigenvalue weighted by atomic mass is 9.87. The van der Waals surface area contributed by atoms with Crippen molar-refractivity contribution < 1.29 is 0 Å². The molecule has 0 amide bonds. The molecule has 9 aromatic carbocycles. The van der Waals surface area contributed by atoms with Gasteiger partial charge in [-0.05, 0) is 89.3 Å². The Hall–Kier alpha value is -8.00. The Morgan fingerprint density at radius 1 is 0.293 bits per heavy atom. The van der Waals surface area contributed by atoms with Crippen LogP contribution in [0.3, 0.4) is 0 Å². The molecule has 4 heteroatoms. The monoisotopic (exact) mass is 736 g/mol. The summed E-state index contributed by atoms with van der Waals surface area (Å²) in [6.45, 7) is 7.31. The summed E-state index contributed by atoms with van der Waals surface area (Å²) in [4.78, 5) is 18.4. The third-order valence-electron chi connectivity index (χ3n) is 11.3. The number of aromatic nitrogens is 3. The maximum atomic E-state index is 7.31. The zero-order chi connectivity index (χ0) is 38.6. The highest BCUT2D eigenvalue weighted by atomic mass is 15.0. The number of rotatable bonds is 6. The summed E-state index contributed by atoms with van der Waals surface area (Å²) < 4.78 is 0. The van der Waals surface area contributed by atoms with Gasteiger partial charge in [0.1, 0.15) is 0 Å². The lowest BCUT2D eigenvalue weighted by Crippen LogP contribution is -2.00. The fourth-order valence-corrected chi connectivity index (χ4v) is 8.44. The summed E-state index contributed by atoms with van der Waals surface area (Å²) in [5, 5.41) is 4.89. The highest BCUT2D eigenvalue weighted by molar-refractivity contribution is 6.22. The summed E-state index contributed by atoms with van der Waals surface area (Å²) in [5.41, 5.74) is 15.5. The fourth-order valence-electron chi connectivity index (χ4n) is 8.44. The van der Waals surface area contributed by atoms with Crippen LogP contribution >= 0.6 is 0 Å². The van der Waals surface area contributed by atoms with Crippen LogP contribution in [0.15, 0.2) is 194 Å². The molecular formula is C54H32N4. The Morgan fingerprint density at radius 3 is 1.24 bits per heavy atom. The molecule has 1 aliphatic rings. The average Bonchev–Trinajstić information content (AvgIpc) is 3.63. The van der Waals surface area contributed by atoms with E-state index in [1.165, 1.54) is 60.5 Å². The van der Waals surface area contributed by atoms with Gasteiger partial charge in [-0.1, -0.05) is 182 Å². The third kappa shape index (κ3) is 5.65. The van der Waals surface area contributed by atoms with Gasteiger partial charge in [0.15, 0.2) is 23.2 Å². The van der Waals surface area contributed by atoms with Gasteiger partial charge in [-0.15, -0.1) is 0 Å². The van der Waals surface area contributed by atoms with Gasteiger partial charge in [-0.2, -0.15) is 0 Å². The van der Waals surface area contributed by atoms with E-state index in [1.54, 1.807) is 0 Å². The first kappa shape index (κ1) is 33.3. The number of nitrogens with zero attached hydrogens (tertiary/aromatic N) is 4. The zero-order valence-corrected chi connectivity index (χ0v) is 31.3. The summed E-state index contributed by atoms with van der Waals surface area (Å²) >= 11 is 0. The fraction of sp³-hybridized carbons (Fsp3) is 0. The topological polar surface area (TPSA) is 43.0 Å². The van der Waals surface area contributed by atoms with E-state index < -0.39 is 0 Å². The molecule has 0 unspecified atom stereocenters. The van der Waals surface area contributed by atoms with Crippen molar-refractivity contribution in [3.05, 3.63) is 206 Å². The van der Waals surface area contributed by atoms with Crippen LogP contribution in [-0.2, 0) is 0 Å². The van der Waals surface area contributed by atoms with Crippen molar-refractivity contribution in [3.8, 4) is 89.8 Å². The molecule has 0 radical (unpaired) electrons. The van der Waals surface area contributed by atoms with E-state index in [0.29, 0.717) is 23.2 Å². The van der Waals surface area contributed by atoms with E-state index in [1.807, 2.05) is 84.9 Å². The van der Waals surface area contributed by atoms with E-state index in [9.17, 15) is 0 Å². The van der Waals surface area contributed by atoms with Gasteiger partial charge >= 0.3 is 0 Å². The molecule has 1 aliphatic carbocycles. The first-order valence-corrected chi connectivity index (χ1v) is 19.4. The van der Waals surface area contributed by atoms with Crippen LogP contribution in [0, 0.1) is 6.57 Å². The summed E-state index contributed by atoms with van der Waals surface area (Å²) in [6.07, 6.45) is 0. The molecule has 1 aromatic heterocycles. The minimum Gasteiger partial charge on any atom is -0.238 e. The minimum atomic E-state index is 0.635. The normalized spacial score (nSPS) is 11.4. The quantitative estimate of drug-likeness (QED) is 0.160. The van der Waals surface area contributed by atoms with Crippen LogP contribution in [0.4, 0.5) is 5.69 Å². The Balaban J connectivity index is 1.04. The van der Waals surface area contributed by atoms with Crippen molar-refractivity contribution >= 4 is 27.2 Å². The lowest BCUT2D eigenvalue weighted by Gasteiger charge is -2.16. The van der Waals surface area contributed by atoms with Gasteiger partial charge < -0.3 is 0 Å². The van der Waals surface area contributed by atoms with Crippen molar-refractivity contribution in [3.63, 3.8) is 0 Å². The molecule has 10 aromatic rings. The van der Waals surface area contributed by atoms with Crippen molar-refractivity contribution in [1.82, 2.24) is 15.0 Å². The maximum Gasteiger partial charge on any atom is 0.187 e. The van der Waals surface area contributed by atoms with Crippen molar-refractivity contribution in [1.29, 1.82) is 0 Å². The first-order valence-electron chi connectivity index (χ1n) is 19.4. The van der Waals surface area contributed by atoms with Crippen LogP contribution in [0.25, 0.3) is 116 Å². The molecule has 0 bridgehead atoms. The predicted molar refractivity (Wildman–Crippen MR) is 238 cm³/mol. The molecule has 0 saturated heterocycles. The third-order valence-corrected chi connectivity index (χ3v) is 11.3. The Morgan fingerprint density at radius 2 is 0.690 bits per heavy atom. The smallest absolute Gasteiger partial charge is 0.187 e. The van der Waals surface area contributed by atoms with Gasteiger partial charge in [-0.3, -0.25) is 0 Å². The summed E-state index contributed by atoms with van der Waals surface area (Å²) in [6, 6.07) is 68.0. The second kappa shape index (κ2) is 13.6. The van der Waals surface area contributed by atoms with Crippen LogP contribution in [0.1, 0.15) is 0 Å². The van der Waals surface area contributed by atoms with Crippen LogP contribution < -0.4 is 0 Å². The predicted octanol–water partition coefficient (Wildman–Crippen LogP) is 14.4. The second-order valence-electron chi connectivity index (χ2n) is 14.7. The van der Waals surface area contributed by atoms with Gasteiger partial charge in [0, 0.05) is 16.7 Å².